The zero-order valence-corrected chi connectivity index (χ0v) is 9.38. The second kappa shape index (κ2) is 4.02. The molecule has 2 heterocycles. The third kappa shape index (κ3) is 1.75. The summed E-state index contributed by atoms with van der Waals surface area (Å²) in [7, 11) is 0. The van der Waals surface area contributed by atoms with E-state index < -0.39 is 0 Å². The monoisotopic (exact) mass is 245 g/mol. The van der Waals surface area contributed by atoms with Crippen LogP contribution in [0.25, 0.3) is 23.0 Å². The van der Waals surface area contributed by atoms with Crippen LogP contribution in [0.2, 0.25) is 0 Å². The van der Waals surface area contributed by atoms with Crippen LogP contribution in [0.3, 0.4) is 0 Å². The van der Waals surface area contributed by atoms with Crippen LogP contribution in [-0.2, 0) is 0 Å². The van der Waals surface area contributed by atoms with Crippen molar-refractivity contribution < 1.29 is 8.91 Å². The van der Waals surface area contributed by atoms with Crippen molar-refractivity contribution in [3.8, 4) is 23.0 Å². The fraction of sp³-hybridized carbons (Fsp3) is 0.0909. The zero-order chi connectivity index (χ0) is 12.5. The Hall–Kier alpha value is -2.57. The molecule has 0 unspecified atom stereocenters. The van der Waals surface area contributed by atoms with Gasteiger partial charge < -0.3 is 4.52 Å². The predicted octanol–water partition coefficient (Wildman–Crippen LogP) is 1.97. The molecule has 0 saturated heterocycles. The maximum atomic E-state index is 13.4. The molecule has 0 aliphatic heterocycles. The Bertz CT molecular complexity index is 677. The summed E-state index contributed by atoms with van der Waals surface area (Å²) in [5.41, 5.74) is 1.57. The Balaban J connectivity index is 2.00. The third-order valence-electron chi connectivity index (χ3n) is 2.49. The predicted molar refractivity (Wildman–Crippen MR) is 59.8 cm³/mol. The van der Waals surface area contributed by atoms with Crippen molar-refractivity contribution in [3.63, 3.8) is 0 Å². The molecular weight excluding hydrogens is 237 g/mol. The van der Waals surface area contributed by atoms with E-state index in [4.69, 9.17) is 4.52 Å². The SMILES string of the molecule is Cc1ccc(-c2noc(-c3cn[nH]n3)n2)cc1F. The topological polar surface area (TPSA) is 80.5 Å². The molecule has 3 rings (SSSR count). The fourth-order valence-electron chi connectivity index (χ4n) is 1.48. The van der Waals surface area contributed by atoms with Gasteiger partial charge in [-0.2, -0.15) is 20.4 Å². The molecule has 0 aliphatic carbocycles. The maximum absolute atomic E-state index is 13.4. The lowest BCUT2D eigenvalue weighted by molar-refractivity contribution is 0.431. The van der Waals surface area contributed by atoms with Gasteiger partial charge in [-0.05, 0) is 18.6 Å². The molecule has 0 radical (unpaired) electrons. The van der Waals surface area contributed by atoms with E-state index in [9.17, 15) is 4.39 Å². The number of aryl methyl sites for hydroxylation is 1. The molecule has 3 aromatic rings. The van der Waals surface area contributed by atoms with Gasteiger partial charge >= 0.3 is 0 Å². The van der Waals surface area contributed by atoms with E-state index in [1.807, 2.05) is 0 Å². The van der Waals surface area contributed by atoms with Gasteiger partial charge in [0, 0.05) is 5.56 Å². The molecule has 6 nitrogen and oxygen atoms in total. The Morgan fingerprint density at radius 1 is 1.33 bits per heavy atom. The number of hydrogen-bond donors (Lipinski definition) is 1. The molecule has 2 aromatic heterocycles. The van der Waals surface area contributed by atoms with Crippen molar-refractivity contribution in [2.24, 2.45) is 0 Å². The normalized spacial score (nSPS) is 10.8. The Labute approximate surface area is 101 Å². The summed E-state index contributed by atoms with van der Waals surface area (Å²) in [5.74, 6) is 0.243. The van der Waals surface area contributed by atoms with E-state index in [-0.39, 0.29) is 11.7 Å². The van der Waals surface area contributed by atoms with Crippen LogP contribution in [-0.4, -0.2) is 25.6 Å². The lowest BCUT2D eigenvalue weighted by Gasteiger charge is -1.97. The van der Waals surface area contributed by atoms with E-state index in [0.29, 0.717) is 22.6 Å². The fourth-order valence-corrected chi connectivity index (χ4v) is 1.48. The van der Waals surface area contributed by atoms with Crippen molar-refractivity contribution in [2.75, 3.05) is 0 Å². The van der Waals surface area contributed by atoms with Gasteiger partial charge in [-0.25, -0.2) is 4.39 Å². The molecule has 0 amide bonds. The minimum atomic E-state index is -0.305. The Kier molecular flexibility index (Phi) is 2.36. The van der Waals surface area contributed by atoms with E-state index in [0.717, 1.165) is 0 Å². The molecule has 18 heavy (non-hydrogen) atoms. The number of aromatic amines is 1. The molecule has 90 valence electrons. The number of halogens is 1. The van der Waals surface area contributed by atoms with Gasteiger partial charge in [-0.15, -0.1) is 0 Å². The number of hydrogen-bond acceptors (Lipinski definition) is 5. The summed E-state index contributed by atoms with van der Waals surface area (Å²) in [6.45, 7) is 1.69. The molecule has 0 fully saturated rings. The minimum absolute atomic E-state index is 0.236. The molecule has 7 heteroatoms. The standard InChI is InChI=1S/C11H8FN5O/c1-6-2-3-7(4-8(6)12)10-14-11(18-16-10)9-5-13-17-15-9/h2-5H,1H3,(H,13,15,17). The molecule has 0 saturated carbocycles. The molecule has 0 spiro atoms. The van der Waals surface area contributed by atoms with Gasteiger partial charge in [0.15, 0.2) is 5.69 Å². The van der Waals surface area contributed by atoms with Crippen LogP contribution >= 0.6 is 0 Å². The average Bonchev–Trinajstić information content (AvgIpc) is 3.01. The number of H-pyrrole nitrogens is 1. The van der Waals surface area contributed by atoms with Crippen LogP contribution in [0, 0.1) is 12.7 Å². The summed E-state index contributed by atoms with van der Waals surface area (Å²) in [6.07, 6.45) is 1.47. The number of rotatable bonds is 2. The Morgan fingerprint density at radius 2 is 2.22 bits per heavy atom. The molecule has 0 bridgehead atoms. The Morgan fingerprint density at radius 3 is 2.94 bits per heavy atom. The van der Waals surface area contributed by atoms with Crippen LogP contribution in [0.5, 0.6) is 0 Å². The van der Waals surface area contributed by atoms with E-state index in [2.05, 4.69) is 25.6 Å². The van der Waals surface area contributed by atoms with E-state index in [1.54, 1.807) is 19.1 Å². The smallest absolute Gasteiger partial charge is 0.280 e. The van der Waals surface area contributed by atoms with E-state index in [1.165, 1.54) is 12.3 Å². The van der Waals surface area contributed by atoms with Crippen LogP contribution < -0.4 is 0 Å². The van der Waals surface area contributed by atoms with Crippen LogP contribution in [0.15, 0.2) is 28.9 Å². The highest BCUT2D eigenvalue weighted by Crippen LogP contribution is 2.21. The van der Waals surface area contributed by atoms with Gasteiger partial charge in [0.1, 0.15) is 5.82 Å². The van der Waals surface area contributed by atoms with Crippen molar-refractivity contribution in [1.29, 1.82) is 0 Å². The lowest BCUT2D eigenvalue weighted by atomic mass is 10.1. The van der Waals surface area contributed by atoms with Crippen LogP contribution in [0.4, 0.5) is 4.39 Å². The summed E-state index contributed by atoms with van der Waals surface area (Å²) < 4.78 is 18.5. The number of nitrogens with zero attached hydrogens (tertiary/aromatic N) is 4. The maximum Gasteiger partial charge on any atom is 0.280 e. The van der Waals surface area contributed by atoms with Crippen molar-refractivity contribution >= 4 is 0 Å². The second-order valence-corrected chi connectivity index (χ2v) is 3.74. The quantitative estimate of drug-likeness (QED) is 0.746. The molecule has 0 atom stereocenters. The zero-order valence-electron chi connectivity index (χ0n) is 9.38. The van der Waals surface area contributed by atoms with Crippen molar-refractivity contribution in [1.82, 2.24) is 25.6 Å². The van der Waals surface area contributed by atoms with Gasteiger partial charge in [0.25, 0.3) is 5.89 Å². The lowest BCUT2D eigenvalue weighted by Crippen LogP contribution is -1.86. The second-order valence-electron chi connectivity index (χ2n) is 3.74. The molecule has 1 N–H and O–H groups in total. The van der Waals surface area contributed by atoms with Gasteiger partial charge in [0.2, 0.25) is 5.82 Å². The first kappa shape index (κ1) is 10.6. The largest absolute Gasteiger partial charge is 0.332 e. The van der Waals surface area contributed by atoms with E-state index >= 15 is 0 Å². The number of benzene rings is 1. The highest BCUT2D eigenvalue weighted by atomic mass is 19.1. The molecular formula is C11H8FN5O. The number of nitrogens with one attached hydrogen (secondary N) is 1. The highest BCUT2D eigenvalue weighted by Gasteiger charge is 2.13. The van der Waals surface area contributed by atoms with Gasteiger partial charge in [0.05, 0.1) is 6.20 Å². The third-order valence-corrected chi connectivity index (χ3v) is 2.49. The van der Waals surface area contributed by atoms with Crippen LogP contribution in [0.1, 0.15) is 5.56 Å². The summed E-state index contributed by atoms with van der Waals surface area (Å²) in [4.78, 5) is 4.13. The first-order valence-corrected chi connectivity index (χ1v) is 5.20. The number of aromatic nitrogens is 5. The first-order chi connectivity index (χ1) is 8.74. The summed E-state index contributed by atoms with van der Waals surface area (Å²) in [6, 6.07) is 4.76. The van der Waals surface area contributed by atoms with Crippen molar-refractivity contribution in [3.05, 3.63) is 35.8 Å². The molecule has 0 aliphatic rings. The highest BCUT2D eigenvalue weighted by molar-refractivity contribution is 5.57. The van der Waals surface area contributed by atoms with Gasteiger partial charge in [-0.1, -0.05) is 17.3 Å². The first-order valence-electron chi connectivity index (χ1n) is 5.20. The summed E-state index contributed by atoms with van der Waals surface area (Å²) >= 11 is 0. The average molecular weight is 245 g/mol. The molecule has 1 aromatic carbocycles. The minimum Gasteiger partial charge on any atom is -0.332 e. The van der Waals surface area contributed by atoms with Crippen molar-refractivity contribution in [2.45, 2.75) is 6.92 Å². The van der Waals surface area contributed by atoms with Gasteiger partial charge in [-0.3, -0.25) is 0 Å². The summed E-state index contributed by atoms with van der Waals surface area (Å²) in [5, 5.41) is 13.7.